The Balaban J connectivity index is 2.17. The van der Waals surface area contributed by atoms with Crippen molar-refractivity contribution in [3.8, 4) is 0 Å². The van der Waals surface area contributed by atoms with E-state index in [1.807, 2.05) is 0 Å². The number of rotatable bonds is 0. The lowest BCUT2D eigenvalue weighted by Crippen LogP contribution is -2.58. The van der Waals surface area contributed by atoms with Crippen LogP contribution in [0.2, 0.25) is 0 Å². The van der Waals surface area contributed by atoms with Gasteiger partial charge in [-0.25, -0.2) is 4.98 Å². The molecule has 0 bridgehead atoms. The van der Waals surface area contributed by atoms with Crippen molar-refractivity contribution in [1.29, 1.82) is 0 Å². The van der Waals surface area contributed by atoms with Gasteiger partial charge in [-0.2, -0.15) is 33.1 Å². The zero-order valence-corrected chi connectivity index (χ0v) is 13.8. The molecule has 0 amide bonds. The van der Waals surface area contributed by atoms with Gasteiger partial charge in [-0.1, -0.05) is 20.8 Å². The number of hydrogen-bond donors (Lipinski definition) is 2. The lowest BCUT2D eigenvalue weighted by atomic mass is 9.86. The van der Waals surface area contributed by atoms with Crippen LogP contribution in [0.5, 0.6) is 0 Å². The van der Waals surface area contributed by atoms with E-state index in [4.69, 9.17) is 5.73 Å². The minimum absolute atomic E-state index is 0.0546. The van der Waals surface area contributed by atoms with E-state index in [0.717, 1.165) is 11.0 Å². The summed E-state index contributed by atoms with van der Waals surface area (Å²) in [5.41, 5.74) is 1.85. The number of hydrogen-bond acceptors (Lipinski definition) is 8. The van der Waals surface area contributed by atoms with Gasteiger partial charge in [0, 0.05) is 17.5 Å². The molecule has 2 aliphatic heterocycles. The number of fused-ring (bicyclic) bond motifs is 1. The highest BCUT2D eigenvalue weighted by atomic mass is 19.4. The Kier molecular flexibility index (Phi) is 3.64. The van der Waals surface area contributed by atoms with E-state index in [-0.39, 0.29) is 23.8 Å². The Morgan fingerprint density at radius 1 is 1.24 bits per heavy atom. The Bertz CT molecular complexity index is 788. The number of alkyl halides is 3. The summed E-state index contributed by atoms with van der Waals surface area (Å²) in [6, 6.07) is 0. The van der Waals surface area contributed by atoms with E-state index in [0.29, 0.717) is 5.01 Å². The van der Waals surface area contributed by atoms with Crippen LogP contribution in [0, 0.1) is 5.41 Å². The highest BCUT2D eigenvalue weighted by Crippen LogP contribution is 2.43. The van der Waals surface area contributed by atoms with E-state index in [9.17, 15) is 18.3 Å². The Morgan fingerprint density at radius 3 is 2.52 bits per heavy atom. The molecule has 0 saturated heterocycles. The molecular formula is C13H17F3N8O. The molecule has 0 spiro atoms. The summed E-state index contributed by atoms with van der Waals surface area (Å²) in [4.78, 5) is 3.94. The third kappa shape index (κ3) is 2.75. The van der Waals surface area contributed by atoms with Gasteiger partial charge in [0.2, 0.25) is 0 Å². The fraction of sp³-hybridized carbons (Fsp3) is 0.615. The Hall–Kier alpha value is -2.50. The van der Waals surface area contributed by atoms with Crippen LogP contribution in [-0.4, -0.2) is 54.3 Å². The maximum atomic E-state index is 13.7. The number of hydrazone groups is 1. The zero-order valence-electron chi connectivity index (χ0n) is 13.8. The van der Waals surface area contributed by atoms with Crippen LogP contribution in [0.1, 0.15) is 33.0 Å². The van der Waals surface area contributed by atoms with Crippen molar-refractivity contribution in [2.45, 2.75) is 45.5 Å². The molecule has 3 rings (SSSR count). The number of amidine groups is 1. The number of halogens is 3. The second kappa shape index (κ2) is 5.25. The van der Waals surface area contributed by atoms with Gasteiger partial charge in [-0.15, -0.1) is 10.2 Å². The molecule has 3 heterocycles. The van der Waals surface area contributed by atoms with E-state index in [2.05, 4.69) is 25.4 Å². The zero-order chi connectivity index (χ0) is 18.6. The summed E-state index contributed by atoms with van der Waals surface area (Å²) >= 11 is 0. The molecule has 0 aliphatic carbocycles. The van der Waals surface area contributed by atoms with Crippen LogP contribution in [0.15, 0.2) is 21.6 Å². The summed E-state index contributed by atoms with van der Waals surface area (Å²) in [5, 5.41) is 26.1. The first-order valence-corrected chi connectivity index (χ1v) is 7.40. The predicted molar refractivity (Wildman–Crippen MR) is 82.5 cm³/mol. The van der Waals surface area contributed by atoms with E-state index in [1.165, 1.54) is 0 Å². The molecule has 3 N–H and O–H groups in total. The van der Waals surface area contributed by atoms with Crippen molar-refractivity contribution in [3.63, 3.8) is 0 Å². The minimum atomic E-state index is -4.99. The van der Waals surface area contributed by atoms with E-state index >= 15 is 0 Å². The second-order valence-corrected chi connectivity index (χ2v) is 6.86. The van der Waals surface area contributed by atoms with Crippen molar-refractivity contribution in [2.75, 3.05) is 0 Å². The van der Waals surface area contributed by atoms with Crippen molar-refractivity contribution in [2.24, 2.45) is 26.5 Å². The van der Waals surface area contributed by atoms with E-state index < -0.39 is 29.7 Å². The average Bonchev–Trinajstić information content (AvgIpc) is 3.01. The van der Waals surface area contributed by atoms with Crippen LogP contribution >= 0.6 is 0 Å². The van der Waals surface area contributed by atoms with E-state index in [1.54, 1.807) is 20.8 Å². The molecule has 0 saturated carbocycles. The lowest BCUT2D eigenvalue weighted by Gasteiger charge is -2.33. The maximum absolute atomic E-state index is 13.7. The SMILES string of the molecule is CC(C)(C)C1=NN(C2=NN=C(N)Cc3ncnn32)[C@](O)(C(F)(F)F)C1. The van der Waals surface area contributed by atoms with Crippen LogP contribution in [0.4, 0.5) is 13.2 Å². The molecule has 12 heteroatoms. The molecule has 0 radical (unpaired) electrons. The normalized spacial score (nSPS) is 24.4. The minimum Gasteiger partial charge on any atom is -0.385 e. The van der Waals surface area contributed by atoms with Gasteiger partial charge >= 0.3 is 6.18 Å². The molecular weight excluding hydrogens is 341 g/mol. The Labute approximate surface area is 140 Å². The third-order valence-electron chi connectivity index (χ3n) is 3.91. The molecule has 25 heavy (non-hydrogen) atoms. The quantitative estimate of drug-likeness (QED) is 0.707. The van der Waals surface area contributed by atoms with Crippen molar-refractivity contribution >= 4 is 17.5 Å². The average molecular weight is 358 g/mol. The van der Waals surface area contributed by atoms with Gasteiger partial charge in [-0.05, 0) is 0 Å². The number of nitrogens with two attached hydrogens (primary N) is 1. The first-order chi connectivity index (χ1) is 11.4. The van der Waals surface area contributed by atoms with Gasteiger partial charge in [-0.3, -0.25) is 0 Å². The van der Waals surface area contributed by atoms with Gasteiger partial charge in [0.05, 0.1) is 6.42 Å². The fourth-order valence-electron chi connectivity index (χ4n) is 2.43. The highest BCUT2D eigenvalue weighted by Gasteiger charge is 2.64. The second-order valence-electron chi connectivity index (χ2n) is 6.86. The topological polar surface area (TPSA) is 117 Å². The molecule has 2 aliphatic rings. The predicted octanol–water partition coefficient (Wildman–Crippen LogP) is 0.669. The number of aromatic nitrogens is 3. The smallest absolute Gasteiger partial charge is 0.385 e. The molecule has 9 nitrogen and oxygen atoms in total. The summed E-state index contributed by atoms with van der Waals surface area (Å²) in [6.07, 6.45) is -4.50. The summed E-state index contributed by atoms with van der Waals surface area (Å²) in [5.74, 6) is -0.132. The monoisotopic (exact) mass is 358 g/mol. The number of aliphatic hydroxyl groups is 1. The van der Waals surface area contributed by atoms with Crippen LogP contribution < -0.4 is 5.73 Å². The lowest BCUT2D eigenvalue weighted by molar-refractivity contribution is -0.295. The van der Waals surface area contributed by atoms with Gasteiger partial charge in [0.1, 0.15) is 18.0 Å². The van der Waals surface area contributed by atoms with Crippen molar-refractivity contribution < 1.29 is 18.3 Å². The first-order valence-electron chi connectivity index (χ1n) is 7.40. The van der Waals surface area contributed by atoms with Gasteiger partial charge < -0.3 is 10.8 Å². The van der Waals surface area contributed by atoms with Crippen LogP contribution in [-0.2, 0) is 6.42 Å². The molecule has 0 unspecified atom stereocenters. The molecule has 1 aromatic heterocycles. The third-order valence-corrected chi connectivity index (χ3v) is 3.91. The molecule has 1 atom stereocenters. The van der Waals surface area contributed by atoms with Crippen molar-refractivity contribution in [3.05, 3.63) is 12.2 Å². The molecule has 0 aromatic carbocycles. The molecule has 0 fully saturated rings. The Morgan fingerprint density at radius 2 is 1.92 bits per heavy atom. The highest BCUT2D eigenvalue weighted by molar-refractivity contribution is 5.96. The summed E-state index contributed by atoms with van der Waals surface area (Å²) in [6.45, 7) is 5.12. The first kappa shape index (κ1) is 17.3. The van der Waals surface area contributed by atoms with Crippen LogP contribution in [0.3, 0.4) is 0 Å². The fourth-order valence-corrected chi connectivity index (χ4v) is 2.43. The largest absolute Gasteiger partial charge is 0.438 e. The molecule has 1 aromatic rings. The van der Waals surface area contributed by atoms with Crippen molar-refractivity contribution in [1.82, 2.24) is 19.8 Å². The number of nitrogens with zero attached hydrogens (tertiary/aromatic N) is 7. The summed E-state index contributed by atoms with van der Waals surface area (Å²) < 4.78 is 42.0. The van der Waals surface area contributed by atoms with Gasteiger partial charge in [0.25, 0.3) is 11.7 Å². The van der Waals surface area contributed by atoms with Gasteiger partial charge in [0.15, 0.2) is 0 Å². The van der Waals surface area contributed by atoms with Crippen LogP contribution in [0.25, 0.3) is 0 Å². The standard InChI is InChI=1S/C13H17F3N8O/c1-11(2,3)7-5-12(25,13(14,15)16)24(22-7)10-21-20-8(17)4-9-18-6-19-23(9)10/h6,25H,4-5H2,1-3H3,(H2,17,20)/t12-/m1/s1. The molecule has 136 valence electrons. The summed E-state index contributed by atoms with van der Waals surface area (Å²) in [7, 11) is 0. The maximum Gasteiger partial charge on any atom is 0.438 e.